The van der Waals surface area contributed by atoms with E-state index in [9.17, 15) is 43.8 Å². The average Bonchev–Trinajstić information content (AvgIpc) is 3.31. The van der Waals surface area contributed by atoms with Gasteiger partial charge in [-0.15, -0.1) is 0 Å². The lowest BCUT2D eigenvalue weighted by Crippen LogP contribution is -2.66. The second-order valence-electron chi connectivity index (χ2n) is 18.9. The number of aliphatic hydroxyl groups is 2. The van der Waals surface area contributed by atoms with Crippen molar-refractivity contribution in [2.75, 3.05) is 6.61 Å². The largest absolute Gasteiger partial charge is 0.481 e. The van der Waals surface area contributed by atoms with Crippen LogP contribution in [0.15, 0.2) is 0 Å². The van der Waals surface area contributed by atoms with Gasteiger partial charge in [0, 0.05) is 19.8 Å². The summed E-state index contributed by atoms with van der Waals surface area (Å²) in [5.41, 5.74) is 5.29. The van der Waals surface area contributed by atoms with E-state index in [-0.39, 0.29) is 30.5 Å². The maximum atomic E-state index is 13.3. The number of primary amides is 1. The summed E-state index contributed by atoms with van der Waals surface area (Å²) in [6, 6.07) is -4.36. The highest BCUT2D eigenvalue weighted by atomic mass is 16.6. The molecule has 0 radical (unpaired) electrons. The Morgan fingerprint density at radius 1 is 0.681 bits per heavy atom. The van der Waals surface area contributed by atoms with Gasteiger partial charge in [0.05, 0.1) is 6.42 Å². The van der Waals surface area contributed by atoms with E-state index in [4.69, 9.17) is 31.2 Å². The van der Waals surface area contributed by atoms with Gasteiger partial charge in [-0.1, -0.05) is 155 Å². The van der Waals surface area contributed by atoms with Crippen molar-refractivity contribution in [2.45, 2.75) is 276 Å². The highest BCUT2D eigenvalue weighted by molar-refractivity contribution is 5.92. The smallest absolute Gasteiger partial charge is 0.309 e. The van der Waals surface area contributed by atoms with Gasteiger partial charge in [0.25, 0.3) is 0 Å². The van der Waals surface area contributed by atoms with Crippen molar-refractivity contribution >= 4 is 41.5 Å². The lowest BCUT2D eigenvalue weighted by atomic mass is 9.96. The quantitative estimate of drug-likeness (QED) is 0.0247. The molecule has 9 atom stereocenters. The molecule has 1 unspecified atom stereocenters. The first-order valence-corrected chi connectivity index (χ1v) is 26.4. The number of hydrogen-bond donors (Lipinski definition) is 7. The first kappa shape index (κ1) is 61.3. The number of nitrogens with one attached hydrogen (secondary N) is 3. The number of carboxylic acids is 1. The minimum absolute atomic E-state index is 0.244. The number of amides is 4. The SMILES string of the molecule is [2H]N(C(=O)[C@@H](C)O[C@H]1[C@H](O)[C@@H](COC(=O)C[C@@H](CCCCCCCCCCCCC)OC(=O)CCCCCCCCCCCCCCC)OC(O)[C@@H]1NC(C)=O)[C@@H](C)C(=O)N[C@@H](CCC(=O)O)C(N)=O. The van der Waals surface area contributed by atoms with Crippen LogP contribution in [0.25, 0.3) is 0 Å². The molecule has 1 aliphatic heterocycles. The minimum Gasteiger partial charge on any atom is -0.481 e. The molecule has 0 aromatic heterocycles. The van der Waals surface area contributed by atoms with E-state index in [0.717, 1.165) is 51.9 Å². The Labute approximate surface area is 413 Å². The van der Waals surface area contributed by atoms with Crippen LogP contribution in [0.2, 0.25) is 1.41 Å². The van der Waals surface area contributed by atoms with Crippen LogP contribution < -0.4 is 21.7 Å². The Bertz CT molecular complexity index is 1510. The Kier molecular flexibility index (Phi) is 34.5. The van der Waals surface area contributed by atoms with Gasteiger partial charge < -0.3 is 55.9 Å². The molecule has 1 heterocycles. The third-order valence-electron chi connectivity index (χ3n) is 12.5. The lowest BCUT2D eigenvalue weighted by molar-refractivity contribution is -0.267. The number of rotatable bonds is 42. The van der Waals surface area contributed by atoms with Crippen molar-refractivity contribution in [1.82, 2.24) is 15.9 Å². The predicted octanol–water partition coefficient (Wildman–Crippen LogP) is 6.71. The number of carbonyl (C=O) groups is 7. The highest BCUT2D eigenvalue weighted by Crippen LogP contribution is 2.25. The van der Waals surface area contributed by atoms with Gasteiger partial charge in [0.15, 0.2) is 7.70 Å². The second kappa shape index (κ2) is 38.8. The molecule has 0 bridgehead atoms. The number of aliphatic carboxylic acids is 1. The van der Waals surface area contributed by atoms with Crippen molar-refractivity contribution in [3.8, 4) is 0 Å². The average molecular weight is 986 g/mol. The zero-order valence-corrected chi connectivity index (χ0v) is 42.8. The number of unbranched alkanes of at least 4 members (excludes halogenated alkanes) is 22. The van der Waals surface area contributed by atoms with E-state index in [1.807, 2.05) is 0 Å². The number of carboxylic acid groups (broad SMARTS) is 1. The third-order valence-corrected chi connectivity index (χ3v) is 12.5. The second-order valence-corrected chi connectivity index (χ2v) is 18.9. The van der Waals surface area contributed by atoms with E-state index >= 15 is 0 Å². The first-order valence-electron chi connectivity index (χ1n) is 26.8. The number of carbonyl (C=O) groups excluding carboxylic acids is 6. The predicted molar refractivity (Wildman–Crippen MR) is 261 cm³/mol. The molecular weight excluding hydrogens is 893 g/mol. The fourth-order valence-electron chi connectivity index (χ4n) is 8.31. The van der Waals surface area contributed by atoms with E-state index in [2.05, 4.69) is 24.5 Å². The van der Waals surface area contributed by atoms with Gasteiger partial charge in [-0.25, -0.2) is 0 Å². The molecule has 0 saturated carbocycles. The number of hydrogen-bond acceptors (Lipinski definition) is 13. The summed E-state index contributed by atoms with van der Waals surface area (Å²) in [5, 5.41) is 36.3. The van der Waals surface area contributed by atoms with Gasteiger partial charge >= 0.3 is 17.9 Å². The number of ether oxygens (including phenoxy) is 4. The van der Waals surface area contributed by atoms with Crippen molar-refractivity contribution in [3.63, 3.8) is 0 Å². The molecule has 4 amide bonds. The fourth-order valence-corrected chi connectivity index (χ4v) is 8.31. The van der Waals surface area contributed by atoms with E-state index in [1.54, 1.807) is 0 Å². The van der Waals surface area contributed by atoms with E-state index < -0.39 is 104 Å². The van der Waals surface area contributed by atoms with Crippen LogP contribution in [-0.2, 0) is 52.5 Å². The Morgan fingerprint density at radius 3 is 1.65 bits per heavy atom. The fraction of sp³-hybridized carbons (Fsp3) is 0.863. The van der Waals surface area contributed by atoms with Crippen LogP contribution in [0, 0.1) is 0 Å². The molecule has 0 aromatic carbocycles. The van der Waals surface area contributed by atoms with Gasteiger partial charge in [-0.05, 0) is 39.5 Å². The first-order chi connectivity index (χ1) is 33.4. The summed E-state index contributed by atoms with van der Waals surface area (Å²) in [6.45, 7) is 7.37. The van der Waals surface area contributed by atoms with Crippen LogP contribution in [0.1, 0.15) is 221 Å². The maximum Gasteiger partial charge on any atom is 0.309 e. The van der Waals surface area contributed by atoms with Crippen molar-refractivity contribution < 1.29 is 69.2 Å². The molecule has 8 N–H and O–H groups in total. The van der Waals surface area contributed by atoms with Crippen LogP contribution in [-0.4, -0.2) is 118 Å². The molecule has 1 saturated heterocycles. The van der Waals surface area contributed by atoms with Gasteiger partial charge in [0.1, 0.15) is 55.3 Å². The van der Waals surface area contributed by atoms with E-state index in [1.165, 1.54) is 117 Å². The molecular formula is C51H92N4O14. The van der Waals surface area contributed by atoms with Crippen LogP contribution in [0.5, 0.6) is 0 Å². The molecule has 18 nitrogen and oxygen atoms in total. The van der Waals surface area contributed by atoms with Gasteiger partial charge in [-0.3, -0.25) is 33.6 Å². The lowest BCUT2D eigenvalue weighted by Gasteiger charge is -2.43. The van der Waals surface area contributed by atoms with Gasteiger partial charge in [-0.2, -0.15) is 0 Å². The zero-order valence-electron chi connectivity index (χ0n) is 43.8. The Morgan fingerprint density at radius 2 is 1.17 bits per heavy atom. The van der Waals surface area contributed by atoms with Crippen molar-refractivity contribution in [3.05, 3.63) is 0 Å². The zero-order chi connectivity index (χ0) is 52.3. The molecule has 0 spiro atoms. The summed E-state index contributed by atoms with van der Waals surface area (Å²) in [4.78, 5) is 87.5. The van der Waals surface area contributed by atoms with Crippen LogP contribution in [0.3, 0.4) is 0 Å². The monoisotopic (exact) mass is 986 g/mol. The topological polar surface area (TPSA) is 279 Å². The van der Waals surface area contributed by atoms with Crippen LogP contribution >= 0.6 is 0 Å². The van der Waals surface area contributed by atoms with Gasteiger partial charge in [0.2, 0.25) is 23.6 Å². The molecule has 69 heavy (non-hydrogen) atoms. The minimum atomic E-state index is -1.82. The molecule has 400 valence electrons. The number of aliphatic hydroxyl groups excluding tert-OH is 2. The maximum absolute atomic E-state index is 13.3. The summed E-state index contributed by atoms with van der Waals surface area (Å²) in [5.74, 6) is -6.11. The Hall–Kier alpha value is -3.87. The summed E-state index contributed by atoms with van der Waals surface area (Å²) in [7, 11) is 0. The molecule has 18 heteroatoms. The molecule has 0 aromatic rings. The van der Waals surface area contributed by atoms with Crippen molar-refractivity contribution in [2.24, 2.45) is 5.73 Å². The highest BCUT2D eigenvalue weighted by Gasteiger charge is 2.47. The molecule has 1 rings (SSSR count). The molecule has 1 fully saturated rings. The molecule has 0 aliphatic carbocycles. The Balaban J connectivity index is 2.88. The summed E-state index contributed by atoms with van der Waals surface area (Å²) >= 11 is 0. The molecule has 1 aliphatic rings. The number of nitrogens with two attached hydrogens (primary N) is 1. The summed E-state index contributed by atoms with van der Waals surface area (Å²) in [6.07, 6.45) is 18.7. The van der Waals surface area contributed by atoms with Crippen LogP contribution in [0.4, 0.5) is 0 Å². The van der Waals surface area contributed by atoms with E-state index in [0.29, 0.717) is 12.8 Å². The van der Waals surface area contributed by atoms with Crippen molar-refractivity contribution in [1.29, 1.82) is 0 Å². The number of esters is 2. The summed E-state index contributed by atoms with van der Waals surface area (Å²) < 4.78 is 31.1. The third kappa shape index (κ3) is 30.5. The normalized spacial score (nSPS) is 19.9. The standard InChI is InChI=1S/C51H92N4O14/c1-6-8-10-12-14-16-18-19-21-23-25-27-29-31-43(59)68-39(30-28-26-24-22-20-17-15-13-11-9-7-2)34-44(60)66-35-41-46(61)47(45(51(65)69-41)54-38(5)56)67-37(4)50(64)53-36(3)49(63)55-40(48(52)62)32-33-42(57)58/h36-37,39-41,45-47,51,61,65H,6-35H2,1-5H3,(H2,52,62)(H,53,64)(H,54,56)(H,55,63)(H,57,58)/t36-,37+,39+,40-,41+,45+,46+,47+,51?/m0/s1/i/hD.